The van der Waals surface area contributed by atoms with Crippen molar-refractivity contribution in [3.63, 3.8) is 0 Å². The molecule has 3 rings (SSSR count). The first kappa shape index (κ1) is 17.7. The highest BCUT2D eigenvalue weighted by atomic mass is 16.5. The molecule has 0 saturated carbocycles. The number of pyridine rings is 1. The molecule has 0 radical (unpaired) electrons. The second kappa shape index (κ2) is 9.37. The van der Waals surface area contributed by atoms with Crippen LogP contribution in [0, 0.1) is 0 Å². The number of amides is 1. The molecule has 1 aromatic heterocycles. The van der Waals surface area contributed by atoms with Gasteiger partial charge >= 0.3 is 0 Å². The zero-order chi connectivity index (χ0) is 18.0. The summed E-state index contributed by atoms with van der Waals surface area (Å²) in [6.07, 6.45) is 5.39. The smallest absolute Gasteiger partial charge is 0.257 e. The van der Waals surface area contributed by atoms with Crippen molar-refractivity contribution >= 4 is 5.91 Å². The van der Waals surface area contributed by atoms with Crippen LogP contribution >= 0.6 is 0 Å². The fraction of sp³-hybridized carbons (Fsp3) is 0.182. The van der Waals surface area contributed by atoms with Gasteiger partial charge in [0.25, 0.3) is 5.91 Å². The molecule has 0 unspecified atom stereocenters. The fourth-order valence-corrected chi connectivity index (χ4v) is 2.64. The van der Waals surface area contributed by atoms with E-state index in [-0.39, 0.29) is 12.5 Å². The topological polar surface area (TPSA) is 51.2 Å². The van der Waals surface area contributed by atoms with Crippen molar-refractivity contribution in [3.8, 4) is 16.9 Å². The summed E-state index contributed by atoms with van der Waals surface area (Å²) >= 11 is 0. The quantitative estimate of drug-likeness (QED) is 0.630. The molecule has 0 aliphatic heterocycles. The molecule has 0 bridgehead atoms. The molecule has 3 aromatic rings. The Bertz CT molecular complexity index is 803. The zero-order valence-corrected chi connectivity index (χ0v) is 14.6. The lowest BCUT2D eigenvalue weighted by atomic mass is 10.1. The summed E-state index contributed by atoms with van der Waals surface area (Å²) in [6.45, 7) is 0.654. The number of aromatic nitrogens is 1. The van der Waals surface area contributed by atoms with Gasteiger partial charge < -0.3 is 10.1 Å². The van der Waals surface area contributed by atoms with Crippen LogP contribution in [-0.2, 0) is 11.2 Å². The van der Waals surface area contributed by atoms with E-state index in [0.717, 1.165) is 24.0 Å². The third kappa shape index (κ3) is 5.45. The van der Waals surface area contributed by atoms with Crippen LogP contribution in [0.2, 0.25) is 0 Å². The molecule has 0 saturated heterocycles. The number of nitrogens with zero attached hydrogens (tertiary/aromatic N) is 1. The van der Waals surface area contributed by atoms with Gasteiger partial charge in [-0.15, -0.1) is 0 Å². The van der Waals surface area contributed by atoms with Gasteiger partial charge in [-0.05, 0) is 47.7 Å². The molecular formula is C22H22N2O2. The number of hydrogen-bond acceptors (Lipinski definition) is 3. The lowest BCUT2D eigenvalue weighted by Crippen LogP contribution is -2.29. The molecule has 1 N–H and O–H groups in total. The number of ether oxygens (including phenoxy) is 1. The maximum Gasteiger partial charge on any atom is 0.257 e. The number of hydrogen-bond donors (Lipinski definition) is 1. The molecular weight excluding hydrogens is 324 g/mol. The maximum absolute atomic E-state index is 11.9. The maximum atomic E-state index is 11.9. The summed E-state index contributed by atoms with van der Waals surface area (Å²) in [5, 5.41) is 2.88. The molecule has 0 spiro atoms. The van der Waals surface area contributed by atoms with E-state index in [0.29, 0.717) is 12.3 Å². The summed E-state index contributed by atoms with van der Waals surface area (Å²) in [7, 11) is 0. The van der Waals surface area contributed by atoms with Crippen LogP contribution in [0.25, 0.3) is 11.1 Å². The Morgan fingerprint density at radius 3 is 2.42 bits per heavy atom. The van der Waals surface area contributed by atoms with Gasteiger partial charge in [0.2, 0.25) is 0 Å². The minimum absolute atomic E-state index is 0.0254. The SMILES string of the molecule is O=C(COc1ccc(-c2ccccc2)cc1)NCCCc1cccnc1. The first-order valence-corrected chi connectivity index (χ1v) is 8.75. The largest absolute Gasteiger partial charge is 0.484 e. The van der Waals surface area contributed by atoms with Crippen LogP contribution in [-0.4, -0.2) is 24.0 Å². The van der Waals surface area contributed by atoms with Crippen molar-refractivity contribution in [2.24, 2.45) is 0 Å². The monoisotopic (exact) mass is 346 g/mol. The minimum atomic E-state index is -0.108. The van der Waals surface area contributed by atoms with E-state index >= 15 is 0 Å². The number of carbonyl (C=O) groups excluding carboxylic acids is 1. The number of carbonyl (C=O) groups is 1. The molecule has 4 heteroatoms. The van der Waals surface area contributed by atoms with Crippen molar-refractivity contribution in [2.75, 3.05) is 13.2 Å². The lowest BCUT2D eigenvalue weighted by Gasteiger charge is -2.08. The molecule has 0 fully saturated rings. The lowest BCUT2D eigenvalue weighted by molar-refractivity contribution is -0.123. The number of aryl methyl sites for hydroxylation is 1. The second-order valence-corrected chi connectivity index (χ2v) is 5.99. The second-order valence-electron chi connectivity index (χ2n) is 5.99. The average molecular weight is 346 g/mol. The van der Waals surface area contributed by atoms with E-state index in [1.165, 1.54) is 5.56 Å². The predicted molar refractivity (Wildman–Crippen MR) is 103 cm³/mol. The van der Waals surface area contributed by atoms with Crippen LogP contribution in [0.3, 0.4) is 0 Å². The van der Waals surface area contributed by atoms with Crippen LogP contribution < -0.4 is 10.1 Å². The van der Waals surface area contributed by atoms with E-state index in [2.05, 4.69) is 22.4 Å². The van der Waals surface area contributed by atoms with E-state index in [1.807, 2.05) is 60.8 Å². The van der Waals surface area contributed by atoms with Crippen LogP contribution in [0.15, 0.2) is 79.1 Å². The summed E-state index contributed by atoms with van der Waals surface area (Å²) in [6, 6.07) is 21.9. The van der Waals surface area contributed by atoms with Gasteiger partial charge in [0.1, 0.15) is 5.75 Å². The zero-order valence-electron chi connectivity index (χ0n) is 14.6. The van der Waals surface area contributed by atoms with Crippen molar-refractivity contribution in [3.05, 3.63) is 84.7 Å². The Morgan fingerprint density at radius 2 is 1.69 bits per heavy atom. The highest BCUT2D eigenvalue weighted by Crippen LogP contribution is 2.21. The van der Waals surface area contributed by atoms with Gasteiger partial charge in [0.15, 0.2) is 6.61 Å². The van der Waals surface area contributed by atoms with E-state index in [4.69, 9.17) is 4.74 Å². The third-order valence-corrected chi connectivity index (χ3v) is 4.02. The predicted octanol–water partition coefficient (Wildman–Crippen LogP) is 3.88. The number of benzene rings is 2. The van der Waals surface area contributed by atoms with E-state index < -0.39 is 0 Å². The van der Waals surface area contributed by atoms with Crippen molar-refractivity contribution in [2.45, 2.75) is 12.8 Å². The van der Waals surface area contributed by atoms with Gasteiger partial charge in [0.05, 0.1) is 0 Å². The van der Waals surface area contributed by atoms with Crippen molar-refractivity contribution < 1.29 is 9.53 Å². The first-order chi connectivity index (χ1) is 12.8. The highest BCUT2D eigenvalue weighted by Gasteiger charge is 2.03. The molecule has 0 atom stereocenters. The Balaban J connectivity index is 1.37. The Kier molecular flexibility index (Phi) is 6.37. The Hall–Kier alpha value is -3.14. The standard InChI is InChI=1S/C22H22N2O2/c25-22(24-15-5-7-18-6-4-14-23-16-18)17-26-21-12-10-20(11-13-21)19-8-2-1-3-9-19/h1-4,6,8-14,16H,5,7,15,17H2,(H,24,25). The number of nitrogens with one attached hydrogen (secondary N) is 1. The fourth-order valence-electron chi connectivity index (χ4n) is 2.64. The van der Waals surface area contributed by atoms with E-state index in [9.17, 15) is 4.79 Å². The van der Waals surface area contributed by atoms with Crippen molar-refractivity contribution in [1.29, 1.82) is 0 Å². The molecule has 4 nitrogen and oxygen atoms in total. The summed E-state index contributed by atoms with van der Waals surface area (Å²) in [5.74, 6) is 0.582. The minimum Gasteiger partial charge on any atom is -0.484 e. The molecule has 26 heavy (non-hydrogen) atoms. The molecule has 0 aliphatic carbocycles. The van der Waals surface area contributed by atoms with Gasteiger partial charge in [0, 0.05) is 18.9 Å². The molecule has 2 aromatic carbocycles. The van der Waals surface area contributed by atoms with Gasteiger partial charge in [-0.2, -0.15) is 0 Å². The van der Waals surface area contributed by atoms with Crippen LogP contribution in [0.4, 0.5) is 0 Å². The highest BCUT2D eigenvalue weighted by molar-refractivity contribution is 5.77. The Morgan fingerprint density at radius 1 is 0.923 bits per heavy atom. The molecule has 0 aliphatic rings. The molecule has 1 amide bonds. The Labute approximate surface area is 153 Å². The molecule has 132 valence electrons. The van der Waals surface area contributed by atoms with E-state index in [1.54, 1.807) is 6.20 Å². The molecule has 1 heterocycles. The van der Waals surface area contributed by atoms with Crippen molar-refractivity contribution in [1.82, 2.24) is 10.3 Å². The normalized spacial score (nSPS) is 10.3. The average Bonchev–Trinajstić information content (AvgIpc) is 2.71. The number of rotatable bonds is 8. The summed E-state index contributed by atoms with van der Waals surface area (Å²) in [5.41, 5.74) is 3.46. The summed E-state index contributed by atoms with van der Waals surface area (Å²) in [4.78, 5) is 15.9. The van der Waals surface area contributed by atoms with Crippen LogP contribution in [0.5, 0.6) is 5.75 Å². The van der Waals surface area contributed by atoms with Crippen LogP contribution in [0.1, 0.15) is 12.0 Å². The third-order valence-electron chi connectivity index (χ3n) is 4.02. The van der Waals surface area contributed by atoms with Gasteiger partial charge in [-0.3, -0.25) is 9.78 Å². The first-order valence-electron chi connectivity index (χ1n) is 8.75. The van der Waals surface area contributed by atoms with Gasteiger partial charge in [-0.25, -0.2) is 0 Å². The summed E-state index contributed by atoms with van der Waals surface area (Å²) < 4.78 is 5.55. The van der Waals surface area contributed by atoms with Gasteiger partial charge in [-0.1, -0.05) is 48.5 Å².